The molecule has 0 aliphatic heterocycles. The Labute approximate surface area is 110 Å². The van der Waals surface area contributed by atoms with Crippen LogP contribution in [0.25, 0.3) is 0 Å². The van der Waals surface area contributed by atoms with E-state index in [1.165, 1.54) is 0 Å². The van der Waals surface area contributed by atoms with E-state index in [2.05, 4.69) is 5.32 Å². The monoisotopic (exact) mass is 268 g/mol. The van der Waals surface area contributed by atoms with Gasteiger partial charge in [-0.3, -0.25) is 9.00 Å². The van der Waals surface area contributed by atoms with Gasteiger partial charge in [0, 0.05) is 29.1 Å². The lowest BCUT2D eigenvalue weighted by atomic mass is 10.1. The zero-order valence-corrected chi connectivity index (χ0v) is 11.6. The van der Waals surface area contributed by atoms with Crippen LogP contribution in [0.4, 0.5) is 0 Å². The van der Waals surface area contributed by atoms with E-state index in [9.17, 15) is 9.00 Å². The van der Waals surface area contributed by atoms with Crippen molar-refractivity contribution in [1.82, 2.24) is 5.32 Å². The Morgan fingerprint density at radius 2 is 2.06 bits per heavy atom. The third-order valence-corrected chi connectivity index (χ3v) is 3.54. The van der Waals surface area contributed by atoms with Crippen LogP contribution in [-0.4, -0.2) is 21.9 Å². The molecule has 0 spiro atoms. The molecule has 1 rings (SSSR count). The van der Waals surface area contributed by atoms with Crippen LogP contribution in [0.5, 0.6) is 0 Å². The lowest BCUT2D eigenvalue weighted by molar-refractivity contribution is -0.119. The molecular formula is C13H20N2O2S. The Morgan fingerprint density at radius 1 is 1.39 bits per heavy atom. The summed E-state index contributed by atoms with van der Waals surface area (Å²) in [5.41, 5.74) is 7.51. The van der Waals surface area contributed by atoms with Crippen molar-refractivity contribution in [2.24, 2.45) is 5.73 Å². The summed E-state index contributed by atoms with van der Waals surface area (Å²) in [6.07, 6.45) is 0. The Balaban J connectivity index is 2.51. The Morgan fingerprint density at radius 3 is 2.67 bits per heavy atom. The third kappa shape index (κ3) is 5.42. The van der Waals surface area contributed by atoms with Crippen molar-refractivity contribution in [3.8, 4) is 0 Å². The van der Waals surface area contributed by atoms with Crippen molar-refractivity contribution in [2.75, 3.05) is 5.75 Å². The molecule has 1 aromatic carbocycles. The topological polar surface area (TPSA) is 72.2 Å². The molecule has 4 nitrogen and oxygen atoms in total. The van der Waals surface area contributed by atoms with Gasteiger partial charge >= 0.3 is 0 Å². The second-order valence-electron chi connectivity index (χ2n) is 4.47. The number of hydrogen-bond acceptors (Lipinski definition) is 3. The summed E-state index contributed by atoms with van der Waals surface area (Å²) in [4.78, 5) is 11.5. The van der Waals surface area contributed by atoms with Crippen molar-refractivity contribution in [1.29, 1.82) is 0 Å². The highest BCUT2D eigenvalue weighted by Gasteiger charge is 2.09. The van der Waals surface area contributed by atoms with Crippen LogP contribution in [0, 0.1) is 0 Å². The van der Waals surface area contributed by atoms with Gasteiger partial charge in [0.1, 0.15) is 5.75 Å². The van der Waals surface area contributed by atoms with Gasteiger partial charge in [0.25, 0.3) is 0 Å². The summed E-state index contributed by atoms with van der Waals surface area (Å²) in [6.45, 7) is 4.23. The van der Waals surface area contributed by atoms with E-state index >= 15 is 0 Å². The van der Waals surface area contributed by atoms with Gasteiger partial charge in [-0.2, -0.15) is 0 Å². The summed E-state index contributed by atoms with van der Waals surface area (Å²) >= 11 is 0. The van der Waals surface area contributed by atoms with Crippen LogP contribution < -0.4 is 11.1 Å². The molecule has 0 aromatic heterocycles. The summed E-state index contributed by atoms with van der Waals surface area (Å²) in [5.74, 6) is 0.267. The number of benzene rings is 1. The number of amides is 1. The number of hydrogen-bond donors (Lipinski definition) is 2. The molecule has 1 aromatic rings. The molecule has 5 heteroatoms. The third-order valence-electron chi connectivity index (χ3n) is 2.30. The molecule has 0 saturated heterocycles. The van der Waals surface area contributed by atoms with Gasteiger partial charge in [-0.15, -0.1) is 0 Å². The smallest absolute Gasteiger partial charge is 0.232 e. The van der Waals surface area contributed by atoms with Gasteiger partial charge in [-0.1, -0.05) is 24.3 Å². The van der Waals surface area contributed by atoms with Gasteiger partial charge in [-0.05, 0) is 25.0 Å². The molecule has 3 N–H and O–H groups in total. The van der Waals surface area contributed by atoms with Crippen molar-refractivity contribution in [2.45, 2.75) is 32.2 Å². The first-order chi connectivity index (χ1) is 8.51. The molecule has 1 unspecified atom stereocenters. The Kier molecular flexibility index (Phi) is 6.01. The minimum Gasteiger partial charge on any atom is -0.353 e. The lowest BCUT2D eigenvalue weighted by Gasteiger charge is -2.08. The summed E-state index contributed by atoms with van der Waals surface area (Å²) in [5, 5.41) is 2.73. The SMILES string of the molecule is CC(C)NC(=O)CS(=O)Cc1cccc(CN)c1. The van der Waals surface area contributed by atoms with E-state index in [-0.39, 0.29) is 17.7 Å². The maximum Gasteiger partial charge on any atom is 0.232 e. The number of nitrogens with two attached hydrogens (primary N) is 1. The molecule has 0 bridgehead atoms. The average molecular weight is 268 g/mol. The molecule has 0 aliphatic rings. The first-order valence-corrected chi connectivity index (χ1v) is 7.42. The van der Waals surface area contributed by atoms with Crippen LogP contribution in [0.2, 0.25) is 0 Å². The second-order valence-corrected chi connectivity index (χ2v) is 5.93. The minimum atomic E-state index is -1.18. The molecule has 1 atom stereocenters. The molecule has 100 valence electrons. The van der Waals surface area contributed by atoms with E-state index < -0.39 is 10.8 Å². The Bertz CT molecular complexity index is 433. The lowest BCUT2D eigenvalue weighted by Crippen LogP contribution is -2.33. The molecular weight excluding hydrogens is 248 g/mol. The van der Waals surface area contributed by atoms with Crippen LogP contribution in [0.3, 0.4) is 0 Å². The zero-order chi connectivity index (χ0) is 13.5. The molecule has 0 fully saturated rings. The highest BCUT2D eigenvalue weighted by Crippen LogP contribution is 2.07. The first-order valence-electron chi connectivity index (χ1n) is 5.93. The van der Waals surface area contributed by atoms with Gasteiger partial charge in [0.15, 0.2) is 0 Å². The second kappa shape index (κ2) is 7.28. The molecule has 0 heterocycles. The fourth-order valence-corrected chi connectivity index (χ4v) is 2.62. The standard InChI is InChI=1S/C13H20N2O2S/c1-10(2)15-13(16)9-18(17)8-12-5-3-4-11(6-12)7-14/h3-6,10H,7-9,14H2,1-2H3,(H,15,16). The maximum atomic E-state index is 11.8. The molecule has 1 amide bonds. The van der Waals surface area contributed by atoms with Crippen molar-refractivity contribution < 1.29 is 9.00 Å². The van der Waals surface area contributed by atoms with Gasteiger partial charge in [0.05, 0.1) is 0 Å². The predicted octanol–water partition coefficient (Wildman–Crippen LogP) is 0.919. The number of nitrogens with one attached hydrogen (secondary N) is 1. The van der Waals surface area contributed by atoms with Crippen LogP contribution in [-0.2, 0) is 27.9 Å². The average Bonchev–Trinajstić information content (AvgIpc) is 2.27. The normalized spacial score (nSPS) is 12.4. The van der Waals surface area contributed by atoms with Crippen LogP contribution in [0.15, 0.2) is 24.3 Å². The minimum absolute atomic E-state index is 0.0467. The molecule has 0 aliphatic carbocycles. The zero-order valence-electron chi connectivity index (χ0n) is 10.8. The molecule has 18 heavy (non-hydrogen) atoms. The van der Waals surface area contributed by atoms with Crippen molar-refractivity contribution in [3.63, 3.8) is 0 Å². The highest BCUT2D eigenvalue weighted by molar-refractivity contribution is 7.84. The fraction of sp³-hybridized carbons (Fsp3) is 0.462. The summed E-state index contributed by atoms with van der Waals surface area (Å²) in [7, 11) is -1.18. The highest BCUT2D eigenvalue weighted by atomic mass is 32.2. The van der Waals surface area contributed by atoms with Crippen molar-refractivity contribution in [3.05, 3.63) is 35.4 Å². The predicted molar refractivity (Wildman–Crippen MR) is 74.3 cm³/mol. The largest absolute Gasteiger partial charge is 0.353 e. The summed E-state index contributed by atoms with van der Waals surface area (Å²) < 4.78 is 11.8. The number of carbonyl (C=O) groups is 1. The van der Waals surface area contributed by atoms with E-state index in [1.807, 2.05) is 38.1 Å². The molecule has 0 radical (unpaired) electrons. The van der Waals surface area contributed by atoms with Crippen molar-refractivity contribution >= 4 is 16.7 Å². The van der Waals surface area contributed by atoms with E-state index in [1.54, 1.807) is 0 Å². The first kappa shape index (κ1) is 14.9. The van der Waals surface area contributed by atoms with Crippen LogP contribution >= 0.6 is 0 Å². The Hall–Kier alpha value is -1.20. The quantitative estimate of drug-likeness (QED) is 0.806. The van der Waals surface area contributed by atoms with Gasteiger partial charge in [0.2, 0.25) is 5.91 Å². The summed E-state index contributed by atoms with van der Waals surface area (Å²) in [6, 6.07) is 7.73. The number of carbonyl (C=O) groups excluding carboxylic acids is 1. The van der Waals surface area contributed by atoms with E-state index in [4.69, 9.17) is 5.73 Å². The molecule has 0 saturated carbocycles. The van der Waals surface area contributed by atoms with E-state index in [0.717, 1.165) is 11.1 Å². The van der Waals surface area contributed by atoms with Crippen LogP contribution in [0.1, 0.15) is 25.0 Å². The van der Waals surface area contributed by atoms with E-state index in [0.29, 0.717) is 12.3 Å². The maximum absolute atomic E-state index is 11.8. The van der Waals surface area contributed by atoms with Gasteiger partial charge in [-0.25, -0.2) is 0 Å². The van der Waals surface area contributed by atoms with Gasteiger partial charge < -0.3 is 11.1 Å². The number of rotatable bonds is 6. The fourth-order valence-electron chi connectivity index (χ4n) is 1.59.